The van der Waals surface area contributed by atoms with Crippen molar-refractivity contribution in [3.8, 4) is 0 Å². The lowest BCUT2D eigenvalue weighted by Crippen LogP contribution is -2.21. The zero-order valence-electron chi connectivity index (χ0n) is 6.04. The smallest absolute Gasteiger partial charge is 0.323 e. The van der Waals surface area contributed by atoms with Crippen LogP contribution in [0.5, 0.6) is 0 Å². The number of rotatable bonds is 2. The lowest BCUT2D eigenvalue weighted by atomic mass is 10.6. The molecule has 0 bridgehead atoms. The first-order valence-corrected chi connectivity index (χ1v) is 4.69. The van der Waals surface area contributed by atoms with Crippen molar-refractivity contribution in [2.45, 2.75) is 0 Å². The maximum Gasteiger partial charge on any atom is 0.323 e. The van der Waals surface area contributed by atoms with Gasteiger partial charge in [-0.05, 0) is 0 Å². The molecule has 6 heteroatoms. The third-order valence-corrected chi connectivity index (χ3v) is 2.20. The molecule has 0 fully saturated rings. The first-order chi connectivity index (χ1) is 5.49. The minimum Gasteiger partial charge on any atom is -0.480 e. The van der Waals surface area contributed by atoms with Gasteiger partial charge in [-0.15, -0.1) is 0 Å². The summed E-state index contributed by atoms with van der Waals surface area (Å²) in [5.41, 5.74) is 0. The Bertz CT molecular complexity index is 321. The fourth-order valence-electron chi connectivity index (χ4n) is 0.683. The van der Waals surface area contributed by atoms with Crippen LogP contribution >= 0.6 is 0 Å². The molecule has 0 aromatic rings. The number of nitrogens with zero attached hydrogens (tertiary/aromatic N) is 1. The Morgan fingerprint density at radius 3 is 2.25 bits per heavy atom. The summed E-state index contributed by atoms with van der Waals surface area (Å²) < 4.78 is 21.5. The molecule has 0 unspecified atom stereocenters. The largest absolute Gasteiger partial charge is 0.480 e. The molecule has 1 rings (SSSR count). The summed E-state index contributed by atoms with van der Waals surface area (Å²) in [5, 5.41) is 10.2. The van der Waals surface area contributed by atoms with E-state index in [9.17, 15) is 13.2 Å². The van der Waals surface area contributed by atoms with E-state index in [1.807, 2.05) is 0 Å². The molecule has 0 spiro atoms. The molecule has 0 saturated carbocycles. The SMILES string of the molecule is O=C(O)CN1C=CS(=O)(=O)C=C1. The molecular weight excluding hydrogens is 182 g/mol. The normalized spacial score (nSPS) is 19.5. The van der Waals surface area contributed by atoms with Crippen molar-refractivity contribution in [3.05, 3.63) is 23.2 Å². The summed E-state index contributed by atoms with van der Waals surface area (Å²) in [6.07, 6.45) is 2.42. The lowest BCUT2D eigenvalue weighted by Gasteiger charge is -2.14. The van der Waals surface area contributed by atoms with E-state index in [-0.39, 0.29) is 6.54 Å². The van der Waals surface area contributed by atoms with Crippen molar-refractivity contribution >= 4 is 15.8 Å². The van der Waals surface area contributed by atoms with Crippen LogP contribution in [0.3, 0.4) is 0 Å². The van der Waals surface area contributed by atoms with E-state index in [1.54, 1.807) is 0 Å². The topological polar surface area (TPSA) is 74.7 Å². The van der Waals surface area contributed by atoms with Crippen LogP contribution in [0.2, 0.25) is 0 Å². The number of carboxylic acid groups (broad SMARTS) is 1. The maximum atomic E-state index is 10.7. The van der Waals surface area contributed by atoms with Gasteiger partial charge in [0.05, 0.1) is 10.8 Å². The summed E-state index contributed by atoms with van der Waals surface area (Å²) in [5.74, 6) is -1.01. The molecule has 12 heavy (non-hydrogen) atoms. The van der Waals surface area contributed by atoms with Crippen molar-refractivity contribution in [1.82, 2.24) is 4.90 Å². The summed E-state index contributed by atoms with van der Waals surface area (Å²) in [6, 6.07) is 0. The maximum absolute atomic E-state index is 10.7. The number of carboxylic acids is 1. The third-order valence-electron chi connectivity index (χ3n) is 1.20. The molecule has 0 aliphatic carbocycles. The van der Waals surface area contributed by atoms with Crippen LogP contribution in [0.4, 0.5) is 0 Å². The van der Waals surface area contributed by atoms with E-state index in [0.29, 0.717) is 0 Å². The van der Waals surface area contributed by atoms with Gasteiger partial charge in [0.1, 0.15) is 6.54 Å². The van der Waals surface area contributed by atoms with E-state index in [4.69, 9.17) is 5.11 Å². The minimum atomic E-state index is -3.25. The molecule has 0 atom stereocenters. The summed E-state index contributed by atoms with van der Waals surface area (Å²) in [4.78, 5) is 11.4. The molecule has 0 aromatic carbocycles. The van der Waals surface area contributed by atoms with Gasteiger partial charge >= 0.3 is 5.97 Å². The van der Waals surface area contributed by atoms with Crippen molar-refractivity contribution < 1.29 is 18.3 Å². The second kappa shape index (κ2) is 2.98. The monoisotopic (exact) mass is 189 g/mol. The summed E-state index contributed by atoms with van der Waals surface area (Å²) in [6.45, 7) is -0.234. The van der Waals surface area contributed by atoms with Crippen molar-refractivity contribution in [2.75, 3.05) is 6.54 Å². The molecule has 0 saturated heterocycles. The molecule has 1 aliphatic heterocycles. The summed E-state index contributed by atoms with van der Waals surface area (Å²) in [7, 11) is -3.25. The average molecular weight is 189 g/mol. The number of carbonyl (C=O) groups is 1. The van der Waals surface area contributed by atoms with Gasteiger partial charge in [-0.2, -0.15) is 0 Å². The van der Waals surface area contributed by atoms with Gasteiger partial charge in [-0.1, -0.05) is 0 Å². The van der Waals surface area contributed by atoms with Crippen LogP contribution in [0.15, 0.2) is 23.2 Å². The second-order valence-electron chi connectivity index (χ2n) is 2.23. The molecule has 5 nitrogen and oxygen atoms in total. The number of sulfone groups is 1. The zero-order valence-corrected chi connectivity index (χ0v) is 6.86. The molecule has 0 aromatic heterocycles. The Morgan fingerprint density at radius 1 is 1.33 bits per heavy atom. The fraction of sp³-hybridized carbons (Fsp3) is 0.167. The van der Waals surface area contributed by atoms with Gasteiger partial charge in [0, 0.05) is 12.4 Å². The Morgan fingerprint density at radius 2 is 1.83 bits per heavy atom. The number of hydrogen-bond donors (Lipinski definition) is 1. The highest BCUT2D eigenvalue weighted by atomic mass is 32.2. The van der Waals surface area contributed by atoms with E-state index in [0.717, 1.165) is 10.8 Å². The third kappa shape index (κ3) is 2.39. The number of hydrogen-bond acceptors (Lipinski definition) is 4. The van der Waals surface area contributed by atoms with Gasteiger partial charge < -0.3 is 10.0 Å². The first kappa shape index (κ1) is 8.79. The molecule has 1 heterocycles. The molecular formula is C6H7NO4S. The molecule has 0 amide bonds. The standard InChI is InChI=1S/C6H7NO4S/c8-6(9)5-7-1-3-12(10,11)4-2-7/h1-4H,5H2,(H,8,9). The van der Waals surface area contributed by atoms with Crippen molar-refractivity contribution in [3.63, 3.8) is 0 Å². The van der Waals surface area contributed by atoms with Crippen LogP contribution in [0, 0.1) is 0 Å². The Labute approximate surface area is 69.5 Å². The highest BCUT2D eigenvalue weighted by Gasteiger charge is 2.09. The average Bonchev–Trinajstić information content (AvgIpc) is 1.93. The molecule has 0 radical (unpaired) electrons. The van der Waals surface area contributed by atoms with Crippen LogP contribution < -0.4 is 0 Å². The Balaban J connectivity index is 2.68. The fourth-order valence-corrected chi connectivity index (χ4v) is 1.43. The number of aliphatic carboxylic acids is 1. The van der Waals surface area contributed by atoms with E-state index >= 15 is 0 Å². The summed E-state index contributed by atoms with van der Waals surface area (Å²) >= 11 is 0. The van der Waals surface area contributed by atoms with Gasteiger partial charge in [0.15, 0.2) is 9.84 Å². The van der Waals surface area contributed by atoms with Crippen molar-refractivity contribution in [1.29, 1.82) is 0 Å². The van der Waals surface area contributed by atoms with Gasteiger partial charge in [-0.25, -0.2) is 8.42 Å². The Kier molecular flexibility index (Phi) is 2.18. The quantitative estimate of drug-likeness (QED) is 0.648. The highest BCUT2D eigenvalue weighted by Crippen LogP contribution is 2.05. The van der Waals surface area contributed by atoms with E-state index in [1.165, 1.54) is 17.3 Å². The zero-order chi connectivity index (χ0) is 9.19. The van der Waals surface area contributed by atoms with E-state index in [2.05, 4.69) is 0 Å². The van der Waals surface area contributed by atoms with Crippen LogP contribution in [0.25, 0.3) is 0 Å². The minimum absolute atomic E-state index is 0.234. The van der Waals surface area contributed by atoms with Crippen molar-refractivity contribution in [2.24, 2.45) is 0 Å². The predicted octanol–water partition coefficient (Wildman–Crippen LogP) is -0.256. The van der Waals surface area contributed by atoms with Crippen LogP contribution in [-0.4, -0.2) is 30.9 Å². The van der Waals surface area contributed by atoms with Crippen LogP contribution in [-0.2, 0) is 14.6 Å². The lowest BCUT2D eigenvalue weighted by molar-refractivity contribution is -0.137. The second-order valence-corrected chi connectivity index (χ2v) is 3.95. The molecule has 66 valence electrons. The van der Waals surface area contributed by atoms with Gasteiger partial charge in [0.2, 0.25) is 0 Å². The van der Waals surface area contributed by atoms with E-state index < -0.39 is 15.8 Å². The Hall–Kier alpha value is -1.30. The molecule has 1 aliphatic rings. The van der Waals surface area contributed by atoms with Gasteiger partial charge in [0.25, 0.3) is 0 Å². The molecule has 1 N–H and O–H groups in total. The van der Waals surface area contributed by atoms with Crippen LogP contribution in [0.1, 0.15) is 0 Å². The predicted molar refractivity (Wildman–Crippen MR) is 41.5 cm³/mol. The van der Waals surface area contributed by atoms with Gasteiger partial charge in [-0.3, -0.25) is 4.79 Å². The first-order valence-electron chi connectivity index (χ1n) is 3.09. The highest BCUT2D eigenvalue weighted by molar-refractivity contribution is 7.97.